The highest BCUT2D eigenvalue weighted by atomic mass is 16.2. The van der Waals surface area contributed by atoms with Crippen molar-refractivity contribution in [2.75, 3.05) is 18.9 Å². The normalized spacial score (nSPS) is 11.2. The molecule has 0 fully saturated rings. The van der Waals surface area contributed by atoms with Crippen molar-refractivity contribution in [3.05, 3.63) is 29.8 Å². The van der Waals surface area contributed by atoms with Gasteiger partial charge in [0.2, 0.25) is 0 Å². The fourth-order valence-corrected chi connectivity index (χ4v) is 1.38. The van der Waals surface area contributed by atoms with Crippen LogP contribution in [0.4, 0.5) is 5.69 Å². The highest BCUT2D eigenvalue weighted by Gasteiger charge is 2.17. The van der Waals surface area contributed by atoms with Crippen LogP contribution in [-0.4, -0.2) is 31.4 Å². The lowest BCUT2D eigenvalue weighted by Crippen LogP contribution is -2.93. The number of amides is 2. The summed E-state index contributed by atoms with van der Waals surface area (Å²) in [7, 11) is 1.55. The first kappa shape index (κ1) is 14.7. The number of nitriles is 1. The molecule has 4 N–H and O–H groups in total. The predicted molar refractivity (Wildman–Crippen MR) is 70.1 cm³/mol. The van der Waals surface area contributed by atoms with Crippen LogP contribution in [0.15, 0.2) is 24.3 Å². The Labute approximate surface area is 111 Å². The van der Waals surface area contributed by atoms with Crippen LogP contribution in [-0.2, 0) is 9.59 Å². The molecule has 1 rings (SSSR count). The van der Waals surface area contributed by atoms with Gasteiger partial charge in [0.05, 0.1) is 11.6 Å². The third-order valence-electron chi connectivity index (χ3n) is 2.63. The quantitative estimate of drug-likeness (QED) is 0.646. The Morgan fingerprint density at radius 1 is 1.37 bits per heavy atom. The van der Waals surface area contributed by atoms with E-state index in [1.54, 1.807) is 43.6 Å². The number of benzene rings is 1. The largest absolute Gasteiger partial charge is 0.354 e. The summed E-state index contributed by atoms with van der Waals surface area (Å²) in [6.45, 7) is 1.93. The Morgan fingerprint density at radius 3 is 2.53 bits per heavy atom. The number of likely N-dealkylation sites (N-methyl/N-ethyl adjacent to an activating group) is 1. The van der Waals surface area contributed by atoms with Gasteiger partial charge in [-0.3, -0.25) is 9.59 Å². The lowest BCUT2D eigenvalue weighted by molar-refractivity contribution is -0.662. The molecule has 0 heterocycles. The Kier molecular flexibility index (Phi) is 5.51. The summed E-state index contributed by atoms with van der Waals surface area (Å²) in [5.74, 6) is -0.313. The Balaban J connectivity index is 2.49. The smallest absolute Gasteiger partial charge is 0.282 e. The van der Waals surface area contributed by atoms with Crippen LogP contribution in [0.2, 0.25) is 0 Å². The summed E-state index contributed by atoms with van der Waals surface area (Å²) in [5.41, 5.74) is 1.17. The second kappa shape index (κ2) is 7.13. The van der Waals surface area contributed by atoms with E-state index < -0.39 is 0 Å². The van der Waals surface area contributed by atoms with Crippen molar-refractivity contribution < 1.29 is 14.9 Å². The van der Waals surface area contributed by atoms with E-state index in [1.165, 1.54) is 0 Å². The van der Waals surface area contributed by atoms with Gasteiger partial charge in [-0.1, -0.05) is 0 Å². The minimum absolute atomic E-state index is 0.127. The Hall–Kier alpha value is -2.39. The zero-order valence-electron chi connectivity index (χ0n) is 10.9. The third kappa shape index (κ3) is 4.77. The summed E-state index contributed by atoms with van der Waals surface area (Å²) in [4.78, 5) is 22.9. The molecule has 6 nitrogen and oxygen atoms in total. The second-order valence-electron chi connectivity index (χ2n) is 4.08. The molecular weight excluding hydrogens is 244 g/mol. The maximum Gasteiger partial charge on any atom is 0.282 e. The van der Waals surface area contributed by atoms with Crippen molar-refractivity contribution in [3.8, 4) is 6.07 Å². The first-order chi connectivity index (χ1) is 9.06. The summed E-state index contributed by atoms with van der Waals surface area (Å²) in [6, 6.07) is 8.24. The lowest BCUT2D eigenvalue weighted by Gasteiger charge is -2.10. The molecular formula is C13H17N4O2+. The highest BCUT2D eigenvalue weighted by molar-refractivity contribution is 5.93. The zero-order valence-corrected chi connectivity index (χ0v) is 10.9. The van der Waals surface area contributed by atoms with Crippen molar-refractivity contribution in [1.29, 1.82) is 5.26 Å². The van der Waals surface area contributed by atoms with Crippen molar-refractivity contribution in [3.63, 3.8) is 0 Å². The molecule has 0 bridgehead atoms. The van der Waals surface area contributed by atoms with Crippen molar-refractivity contribution in [1.82, 2.24) is 5.32 Å². The van der Waals surface area contributed by atoms with E-state index in [0.29, 0.717) is 11.3 Å². The summed E-state index contributed by atoms with van der Waals surface area (Å²) < 4.78 is 0. The van der Waals surface area contributed by atoms with E-state index >= 15 is 0 Å². The van der Waals surface area contributed by atoms with Crippen LogP contribution < -0.4 is 16.0 Å². The van der Waals surface area contributed by atoms with Gasteiger partial charge in [0, 0.05) is 12.7 Å². The maximum absolute atomic E-state index is 11.8. The molecule has 2 amide bonds. The molecule has 6 heteroatoms. The number of hydrogen-bond donors (Lipinski definition) is 3. The molecule has 19 heavy (non-hydrogen) atoms. The Morgan fingerprint density at radius 2 is 2.00 bits per heavy atom. The first-order valence-corrected chi connectivity index (χ1v) is 5.91. The van der Waals surface area contributed by atoms with Gasteiger partial charge in [-0.05, 0) is 31.2 Å². The number of quaternary nitrogens is 1. The first-order valence-electron chi connectivity index (χ1n) is 5.91. The molecule has 0 unspecified atom stereocenters. The number of anilines is 1. The Bertz CT molecular complexity index is 490. The van der Waals surface area contributed by atoms with Gasteiger partial charge in [0.25, 0.3) is 11.8 Å². The molecule has 0 aliphatic carbocycles. The SMILES string of the molecule is CNC(=O)C[NH2+][C@H](C)C(=O)Nc1ccc(C#N)cc1. The summed E-state index contributed by atoms with van der Waals surface area (Å²) in [5, 5.41) is 15.5. The fraction of sp³-hybridized carbons (Fsp3) is 0.308. The average Bonchev–Trinajstić information content (AvgIpc) is 2.44. The van der Waals surface area contributed by atoms with Gasteiger partial charge in [-0.25, -0.2) is 0 Å². The van der Waals surface area contributed by atoms with Crippen LogP contribution >= 0.6 is 0 Å². The number of rotatable bonds is 5. The number of nitrogens with two attached hydrogens (primary N) is 1. The van der Waals surface area contributed by atoms with Crippen molar-refractivity contribution in [2.24, 2.45) is 0 Å². The molecule has 0 saturated heterocycles. The van der Waals surface area contributed by atoms with Crippen LogP contribution in [0, 0.1) is 11.3 Å². The van der Waals surface area contributed by atoms with Gasteiger partial charge in [0.15, 0.2) is 12.6 Å². The maximum atomic E-state index is 11.8. The van der Waals surface area contributed by atoms with E-state index in [-0.39, 0.29) is 24.4 Å². The molecule has 0 saturated carbocycles. The number of nitrogens with one attached hydrogen (secondary N) is 2. The van der Waals surface area contributed by atoms with Gasteiger partial charge in [0.1, 0.15) is 0 Å². The third-order valence-corrected chi connectivity index (χ3v) is 2.63. The van der Waals surface area contributed by atoms with Crippen molar-refractivity contribution in [2.45, 2.75) is 13.0 Å². The summed E-state index contributed by atoms with van der Waals surface area (Å²) >= 11 is 0. The van der Waals surface area contributed by atoms with Crippen LogP contribution in [0.25, 0.3) is 0 Å². The molecule has 100 valence electrons. The van der Waals surface area contributed by atoms with Gasteiger partial charge in [-0.2, -0.15) is 5.26 Å². The molecule has 0 aromatic heterocycles. The highest BCUT2D eigenvalue weighted by Crippen LogP contribution is 2.08. The lowest BCUT2D eigenvalue weighted by atomic mass is 10.2. The van der Waals surface area contributed by atoms with E-state index in [2.05, 4.69) is 10.6 Å². The van der Waals surface area contributed by atoms with Crippen LogP contribution in [0.3, 0.4) is 0 Å². The van der Waals surface area contributed by atoms with Crippen LogP contribution in [0.1, 0.15) is 12.5 Å². The molecule has 1 aromatic carbocycles. The second-order valence-corrected chi connectivity index (χ2v) is 4.08. The molecule has 1 aromatic rings. The fourth-order valence-electron chi connectivity index (χ4n) is 1.38. The van der Waals surface area contributed by atoms with E-state index in [1.807, 2.05) is 6.07 Å². The number of hydrogen-bond acceptors (Lipinski definition) is 3. The van der Waals surface area contributed by atoms with Gasteiger partial charge in [-0.15, -0.1) is 0 Å². The number of carbonyl (C=O) groups excluding carboxylic acids is 2. The van der Waals surface area contributed by atoms with Crippen molar-refractivity contribution >= 4 is 17.5 Å². The van der Waals surface area contributed by atoms with Gasteiger partial charge >= 0.3 is 0 Å². The van der Waals surface area contributed by atoms with E-state index in [9.17, 15) is 9.59 Å². The molecule has 0 spiro atoms. The molecule has 0 aliphatic rings. The van der Waals surface area contributed by atoms with E-state index in [4.69, 9.17) is 5.26 Å². The predicted octanol–water partition coefficient (Wildman–Crippen LogP) is -0.805. The number of nitrogens with zero attached hydrogens (tertiary/aromatic N) is 1. The van der Waals surface area contributed by atoms with E-state index in [0.717, 1.165) is 0 Å². The van der Waals surface area contributed by atoms with Crippen LogP contribution in [0.5, 0.6) is 0 Å². The molecule has 0 aliphatic heterocycles. The number of carbonyl (C=O) groups is 2. The molecule has 1 atom stereocenters. The molecule has 0 radical (unpaired) electrons. The minimum atomic E-state index is -0.368. The standard InChI is InChI=1S/C13H16N4O2/c1-9(16-8-12(18)15-2)13(19)17-11-5-3-10(7-14)4-6-11/h3-6,9,16H,8H2,1-2H3,(H,15,18)(H,17,19)/p+1/t9-/m1/s1. The minimum Gasteiger partial charge on any atom is -0.354 e. The average molecular weight is 261 g/mol. The summed E-state index contributed by atoms with van der Waals surface area (Å²) in [6.07, 6.45) is 0. The zero-order chi connectivity index (χ0) is 14.3. The topological polar surface area (TPSA) is 98.6 Å². The van der Waals surface area contributed by atoms with Gasteiger partial charge < -0.3 is 16.0 Å². The monoisotopic (exact) mass is 261 g/mol.